The highest BCUT2D eigenvalue weighted by molar-refractivity contribution is 6.15. The quantitative estimate of drug-likeness (QED) is 0.486. The molecule has 152 valence electrons. The molecule has 1 unspecified atom stereocenters. The summed E-state index contributed by atoms with van der Waals surface area (Å²) in [5, 5.41) is 11.5. The summed E-state index contributed by atoms with van der Waals surface area (Å²) < 4.78 is 5.72. The number of aromatic nitrogens is 1. The molecule has 31 heavy (non-hydrogen) atoms. The zero-order valence-corrected chi connectivity index (χ0v) is 16.4. The molecule has 0 saturated carbocycles. The van der Waals surface area contributed by atoms with Crippen LogP contribution in [0.1, 0.15) is 27.7 Å². The van der Waals surface area contributed by atoms with Crippen LogP contribution in [0.2, 0.25) is 0 Å². The number of carbonyl (C=O) groups is 2. The fraction of sp³-hybridized carbons (Fsp3) is 0.0800. The summed E-state index contributed by atoms with van der Waals surface area (Å²) in [5.41, 5.74) is 2.08. The van der Waals surface area contributed by atoms with Gasteiger partial charge in [-0.15, -0.1) is 0 Å². The molecule has 2 aromatic carbocycles. The van der Waals surface area contributed by atoms with Crippen LogP contribution in [0.5, 0.6) is 0 Å². The Morgan fingerprint density at radius 3 is 2.55 bits per heavy atom. The average Bonchev–Trinajstić information content (AvgIpc) is 3.35. The summed E-state index contributed by atoms with van der Waals surface area (Å²) in [5.74, 6) is -1.61. The molecule has 3 heterocycles. The number of benzene rings is 2. The summed E-state index contributed by atoms with van der Waals surface area (Å²) in [6, 6.07) is 21.1. The molecule has 1 N–H and O–H groups in total. The summed E-state index contributed by atoms with van der Waals surface area (Å²) in [7, 11) is 0. The third-order valence-electron chi connectivity index (χ3n) is 5.39. The minimum Gasteiger partial charge on any atom is -0.503 e. The predicted molar refractivity (Wildman–Crippen MR) is 114 cm³/mol. The number of aliphatic hydroxyl groups is 1. The van der Waals surface area contributed by atoms with Gasteiger partial charge < -0.3 is 14.4 Å². The fourth-order valence-electron chi connectivity index (χ4n) is 3.94. The molecule has 1 aliphatic heterocycles. The van der Waals surface area contributed by atoms with E-state index in [1.54, 1.807) is 36.7 Å². The van der Waals surface area contributed by atoms with Crippen LogP contribution in [0, 0.1) is 0 Å². The van der Waals surface area contributed by atoms with Crippen LogP contribution in [0.25, 0.3) is 11.0 Å². The zero-order chi connectivity index (χ0) is 21.4. The van der Waals surface area contributed by atoms with Gasteiger partial charge >= 0.3 is 0 Å². The monoisotopic (exact) mass is 410 g/mol. The molecular formula is C25H18N2O4. The molecule has 6 heteroatoms. The van der Waals surface area contributed by atoms with Crippen LogP contribution in [0.15, 0.2) is 101 Å². The molecule has 1 aliphatic rings. The van der Waals surface area contributed by atoms with Crippen molar-refractivity contribution in [1.29, 1.82) is 0 Å². The smallest absolute Gasteiger partial charge is 0.290 e. The third-order valence-corrected chi connectivity index (χ3v) is 5.39. The Balaban J connectivity index is 1.59. The number of furan rings is 1. The van der Waals surface area contributed by atoms with E-state index < -0.39 is 23.5 Å². The molecule has 1 amide bonds. The van der Waals surface area contributed by atoms with E-state index in [0.29, 0.717) is 11.1 Å². The molecule has 0 radical (unpaired) electrons. The highest BCUT2D eigenvalue weighted by Crippen LogP contribution is 2.40. The first-order chi connectivity index (χ1) is 15.1. The molecule has 5 rings (SSSR count). The second kappa shape index (κ2) is 7.57. The molecular weight excluding hydrogens is 392 g/mol. The van der Waals surface area contributed by atoms with E-state index in [2.05, 4.69) is 4.98 Å². The van der Waals surface area contributed by atoms with Crippen LogP contribution in [-0.4, -0.2) is 26.7 Å². The van der Waals surface area contributed by atoms with E-state index in [-0.39, 0.29) is 17.9 Å². The lowest BCUT2D eigenvalue weighted by atomic mass is 9.96. The van der Waals surface area contributed by atoms with Crippen LogP contribution < -0.4 is 0 Å². The summed E-state index contributed by atoms with van der Waals surface area (Å²) in [6.07, 6.45) is 3.21. The van der Waals surface area contributed by atoms with E-state index in [4.69, 9.17) is 4.42 Å². The lowest BCUT2D eigenvalue weighted by Crippen LogP contribution is -2.30. The normalized spacial score (nSPS) is 16.3. The topological polar surface area (TPSA) is 83.6 Å². The Hall–Kier alpha value is -4.19. The SMILES string of the molecule is O=C(C1=C(O)C(=O)N(Cc2ccccc2)C1c1cccnc1)c1cc2ccccc2o1. The van der Waals surface area contributed by atoms with Gasteiger partial charge in [0.25, 0.3) is 5.91 Å². The second-order valence-corrected chi connectivity index (χ2v) is 7.35. The number of carbonyl (C=O) groups excluding carboxylic acids is 2. The number of pyridine rings is 1. The standard InChI is InChI=1S/C25H18N2O4/c28-23(20-13-17-9-4-5-11-19(17)31-20)21-22(18-10-6-12-26-14-18)27(25(30)24(21)29)15-16-7-2-1-3-8-16/h1-14,22,29H,15H2. The number of aliphatic hydroxyl groups excluding tert-OH is 1. The van der Waals surface area contributed by atoms with Gasteiger partial charge in [-0.25, -0.2) is 0 Å². The number of hydrogen-bond acceptors (Lipinski definition) is 5. The maximum absolute atomic E-state index is 13.4. The number of amides is 1. The van der Waals surface area contributed by atoms with Crippen molar-refractivity contribution in [2.45, 2.75) is 12.6 Å². The van der Waals surface area contributed by atoms with Crippen molar-refractivity contribution < 1.29 is 19.1 Å². The predicted octanol–water partition coefficient (Wildman–Crippen LogP) is 4.61. The maximum Gasteiger partial charge on any atom is 0.290 e. The summed E-state index contributed by atoms with van der Waals surface area (Å²) >= 11 is 0. The second-order valence-electron chi connectivity index (χ2n) is 7.35. The molecule has 4 aromatic rings. The largest absolute Gasteiger partial charge is 0.503 e. The van der Waals surface area contributed by atoms with Crippen molar-refractivity contribution in [3.63, 3.8) is 0 Å². The third kappa shape index (κ3) is 3.28. The van der Waals surface area contributed by atoms with Crippen molar-refractivity contribution >= 4 is 22.7 Å². The number of hydrogen-bond donors (Lipinski definition) is 1. The van der Waals surface area contributed by atoms with Crippen molar-refractivity contribution in [1.82, 2.24) is 9.88 Å². The molecule has 2 aromatic heterocycles. The highest BCUT2D eigenvalue weighted by Gasteiger charge is 2.44. The fourth-order valence-corrected chi connectivity index (χ4v) is 3.94. The Morgan fingerprint density at radius 2 is 1.81 bits per heavy atom. The molecule has 0 fully saturated rings. The lowest BCUT2D eigenvalue weighted by Gasteiger charge is -2.26. The summed E-state index contributed by atoms with van der Waals surface area (Å²) in [4.78, 5) is 32.1. The van der Waals surface area contributed by atoms with Crippen LogP contribution >= 0.6 is 0 Å². The minimum absolute atomic E-state index is 0.00649. The van der Waals surface area contributed by atoms with Crippen LogP contribution in [0.4, 0.5) is 0 Å². The van der Waals surface area contributed by atoms with Crippen molar-refractivity contribution in [2.75, 3.05) is 0 Å². The first-order valence-electron chi connectivity index (χ1n) is 9.84. The zero-order valence-electron chi connectivity index (χ0n) is 16.4. The first-order valence-corrected chi connectivity index (χ1v) is 9.84. The van der Waals surface area contributed by atoms with Gasteiger partial charge in [0.15, 0.2) is 11.5 Å². The van der Waals surface area contributed by atoms with E-state index in [1.165, 1.54) is 4.90 Å². The van der Waals surface area contributed by atoms with Gasteiger partial charge in [-0.2, -0.15) is 0 Å². The van der Waals surface area contributed by atoms with Crippen molar-refractivity contribution in [3.05, 3.63) is 113 Å². The maximum atomic E-state index is 13.4. The van der Waals surface area contributed by atoms with Crippen LogP contribution in [0.3, 0.4) is 0 Å². The van der Waals surface area contributed by atoms with Gasteiger partial charge in [0, 0.05) is 24.3 Å². The van der Waals surface area contributed by atoms with E-state index in [1.807, 2.05) is 48.5 Å². The Bertz CT molecular complexity index is 1280. The average molecular weight is 410 g/mol. The molecule has 0 bridgehead atoms. The number of ketones is 1. The van der Waals surface area contributed by atoms with E-state index >= 15 is 0 Å². The molecule has 0 spiro atoms. The van der Waals surface area contributed by atoms with Gasteiger partial charge in [0.05, 0.1) is 11.6 Å². The Labute approximate surface area is 178 Å². The number of para-hydroxylation sites is 1. The number of fused-ring (bicyclic) bond motifs is 1. The first kappa shape index (κ1) is 18.8. The lowest BCUT2D eigenvalue weighted by molar-refractivity contribution is -0.130. The molecule has 0 aliphatic carbocycles. The Morgan fingerprint density at radius 1 is 1.03 bits per heavy atom. The number of nitrogens with zero attached hydrogens (tertiary/aromatic N) is 2. The number of rotatable bonds is 5. The highest BCUT2D eigenvalue weighted by atomic mass is 16.3. The van der Waals surface area contributed by atoms with Gasteiger partial charge in [-0.1, -0.05) is 54.6 Å². The van der Waals surface area contributed by atoms with Gasteiger partial charge in [-0.3, -0.25) is 14.6 Å². The molecule has 1 atom stereocenters. The summed E-state index contributed by atoms with van der Waals surface area (Å²) in [6.45, 7) is 0.236. The van der Waals surface area contributed by atoms with Crippen molar-refractivity contribution in [3.8, 4) is 0 Å². The molecule has 0 saturated heterocycles. The Kier molecular flexibility index (Phi) is 4.59. The van der Waals surface area contributed by atoms with Gasteiger partial charge in [0.1, 0.15) is 5.58 Å². The number of Topliss-reactive ketones (excluding diaryl/α,β-unsaturated/α-hetero) is 1. The van der Waals surface area contributed by atoms with E-state index in [0.717, 1.165) is 10.9 Å². The van der Waals surface area contributed by atoms with Gasteiger partial charge in [-0.05, 0) is 29.3 Å². The van der Waals surface area contributed by atoms with Crippen LogP contribution in [-0.2, 0) is 11.3 Å². The van der Waals surface area contributed by atoms with E-state index in [9.17, 15) is 14.7 Å². The minimum atomic E-state index is -0.776. The molecule has 6 nitrogen and oxygen atoms in total. The van der Waals surface area contributed by atoms with Crippen molar-refractivity contribution in [2.24, 2.45) is 0 Å². The van der Waals surface area contributed by atoms with Gasteiger partial charge in [0.2, 0.25) is 5.78 Å².